The highest BCUT2D eigenvalue weighted by molar-refractivity contribution is 9.11. The second-order valence-corrected chi connectivity index (χ2v) is 8.28. The van der Waals surface area contributed by atoms with Crippen molar-refractivity contribution in [3.8, 4) is 0 Å². The van der Waals surface area contributed by atoms with Crippen molar-refractivity contribution in [1.82, 2.24) is 0 Å². The zero-order chi connectivity index (χ0) is 18.6. The summed E-state index contributed by atoms with van der Waals surface area (Å²) in [5.41, 5.74) is 6.31. The summed E-state index contributed by atoms with van der Waals surface area (Å²) in [5.74, 6) is -0.0937. The number of amides is 2. The molecular formula is C20H16Br2N2O2. The summed E-state index contributed by atoms with van der Waals surface area (Å²) < 4.78 is 1.96. The Balaban J connectivity index is 1.83. The Labute approximate surface area is 168 Å². The van der Waals surface area contributed by atoms with Crippen molar-refractivity contribution in [3.05, 3.63) is 55.5 Å². The molecule has 0 bridgehead atoms. The molecule has 6 heteroatoms. The highest BCUT2D eigenvalue weighted by Gasteiger charge is 2.30. The van der Waals surface area contributed by atoms with Gasteiger partial charge in [0.1, 0.15) is 0 Å². The molecule has 2 aliphatic heterocycles. The van der Waals surface area contributed by atoms with E-state index < -0.39 is 0 Å². The molecule has 2 aromatic rings. The molecule has 0 saturated heterocycles. The number of carbonyl (C=O) groups excluding carboxylic acids is 2. The van der Waals surface area contributed by atoms with Gasteiger partial charge in [0.25, 0.3) is 5.91 Å². The highest BCUT2D eigenvalue weighted by Crippen LogP contribution is 2.41. The van der Waals surface area contributed by atoms with Crippen molar-refractivity contribution in [3.63, 3.8) is 0 Å². The van der Waals surface area contributed by atoms with Gasteiger partial charge in [-0.2, -0.15) is 0 Å². The van der Waals surface area contributed by atoms with Crippen LogP contribution >= 0.6 is 31.9 Å². The first-order chi connectivity index (χ1) is 12.3. The molecule has 2 aromatic carbocycles. The molecule has 0 fully saturated rings. The first kappa shape index (κ1) is 17.5. The number of nitrogens with one attached hydrogen (secondary N) is 1. The number of rotatable bonds is 1. The number of fused-ring (bicyclic) bond motifs is 2. The van der Waals surface area contributed by atoms with Gasteiger partial charge in [0.05, 0.1) is 0 Å². The van der Waals surface area contributed by atoms with Crippen molar-refractivity contribution in [2.75, 3.05) is 16.8 Å². The van der Waals surface area contributed by atoms with Gasteiger partial charge in [0, 0.05) is 44.9 Å². The third-order valence-electron chi connectivity index (χ3n) is 4.89. The SMILES string of the molecule is CC(=O)N1CCc2cc3c(cc21)/C(=C/c1cc(Br)c(C)c(Br)c1)C(=O)N3. The van der Waals surface area contributed by atoms with E-state index >= 15 is 0 Å². The Hall–Kier alpha value is -1.92. The van der Waals surface area contributed by atoms with Crippen LogP contribution in [-0.4, -0.2) is 18.4 Å². The first-order valence-corrected chi connectivity index (χ1v) is 9.88. The van der Waals surface area contributed by atoms with Crippen molar-refractivity contribution in [2.24, 2.45) is 0 Å². The van der Waals surface area contributed by atoms with Crippen LogP contribution in [0.1, 0.15) is 29.2 Å². The molecule has 2 amide bonds. The summed E-state index contributed by atoms with van der Waals surface area (Å²) in [6.07, 6.45) is 2.70. The number of carbonyl (C=O) groups is 2. The van der Waals surface area contributed by atoms with Crippen LogP contribution in [0.15, 0.2) is 33.2 Å². The molecule has 0 aromatic heterocycles. The van der Waals surface area contributed by atoms with Crippen LogP contribution in [0.2, 0.25) is 0 Å². The van der Waals surface area contributed by atoms with Crippen molar-refractivity contribution >= 4 is 66.7 Å². The quantitative estimate of drug-likeness (QED) is 0.595. The van der Waals surface area contributed by atoms with Crippen LogP contribution in [0.4, 0.5) is 11.4 Å². The minimum Gasteiger partial charge on any atom is -0.321 e. The number of nitrogens with zero attached hydrogens (tertiary/aromatic N) is 1. The lowest BCUT2D eigenvalue weighted by Crippen LogP contribution is -2.25. The summed E-state index contributed by atoms with van der Waals surface area (Å²) in [7, 11) is 0. The number of hydrogen-bond acceptors (Lipinski definition) is 2. The molecule has 4 nitrogen and oxygen atoms in total. The summed E-state index contributed by atoms with van der Waals surface area (Å²) >= 11 is 7.11. The van der Waals surface area contributed by atoms with Gasteiger partial charge in [0.2, 0.25) is 5.91 Å². The molecule has 0 saturated carbocycles. The molecule has 0 aliphatic carbocycles. The van der Waals surface area contributed by atoms with E-state index in [1.54, 1.807) is 11.8 Å². The van der Waals surface area contributed by atoms with Gasteiger partial charge < -0.3 is 10.2 Å². The zero-order valence-corrected chi connectivity index (χ0v) is 17.5. The lowest BCUT2D eigenvalue weighted by atomic mass is 10.0. The van der Waals surface area contributed by atoms with E-state index in [2.05, 4.69) is 37.2 Å². The second-order valence-electron chi connectivity index (χ2n) is 6.57. The van der Waals surface area contributed by atoms with E-state index in [0.717, 1.165) is 49.0 Å². The van der Waals surface area contributed by atoms with E-state index in [0.29, 0.717) is 12.1 Å². The lowest BCUT2D eigenvalue weighted by molar-refractivity contribution is -0.116. The minimum atomic E-state index is -0.120. The van der Waals surface area contributed by atoms with Gasteiger partial charge in [-0.1, -0.05) is 31.9 Å². The Morgan fingerprint density at radius 3 is 2.54 bits per heavy atom. The van der Waals surface area contributed by atoms with Crippen LogP contribution in [0.25, 0.3) is 11.6 Å². The maximum Gasteiger partial charge on any atom is 0.256 e. The zero-order valence-electron chi connectivity index (χ0n) is 14.3. The molecule has 0 radical (unpaired) electrons. The van der Waals surface area contributed by atoms with E-state index in [9.17, 15) is 9.59 Å². The largest absolute Gasteiger partial charge is 0.321 e. The van der Waals surface area contributed by atoms with Gasteiger partial charge in [-0.15, -0.1) is 0 Å². The second kappa shape index (κ2) is 6.35. The number of hydrogen-bond donors (Lipinski definition) is 1. The van der Waals surface area contributed by atoms with Gasteiger partial charge >= 0.3 is 0 Å². The third kappa shape index (κ3) is 2.81. The monoisotopic (exact) mass is 474 g/mol. The smallest absolute Gasteiger partial charge is 0.256 e. The fourth-order valence-corrected chi connectivity index (χ4v) is 4.68. The average Bonchev–Trinajstić information content (AvgIpc) is 3.11. The number of benzene rings is 2. The number of halogens is 2. The molecule has 0 unspecified atom stereocenters. The Kier molecular flexibility index (Phi) is 4.28. The standard InChI is InChI=1S/C20H16Br2N2O2/c1-10-16(21)6-12(7-17(10)22)5-15-14-9-19-13(3-4-24(19)11(2)25)8-18(14)23-20(15)26/h5-9H,3-4H2,1-2H3,(H,23,26)/b15-5-. The van der Waals surface area contributed by atoms with E-state index in [1.165, 1.54) is 0 Å². The molecular weight excluding hydrogens is 460 g/mol. The summed E-state index contributed by atoms with van der Waals surface area (Å²) in [6, 6.07) is 7.94. The van der Waals surface area contributed by atoms with Crippen LogP contribution in [0, 0.1) is 6.92 Å². The van der Waals surface area contributed by atoms with Crippen LogP contribution < -0.4 is 10.2 Å². The molecule has 0 spiro atoms. The molecule has 26 heavy (non-hydrogen) atoms. The molecule has 4 rings (SSSR count). The third-order valence-corrected chi connectivity index (χ3v) is 6.54. The molecule has 1 N–H and O–H groups in total. The predicted octanol–water partition coefficient (Wildman–Crippen LogP) is 4.92. The Morgan fingerprint density at radius 1 is 1.19 bits per heavy atom. The summed E-state index contributed by atoms with van der Waals surface area (Å²) in [5, 5.41) is 2.95. The highest BCUT2D eigenvalue weighted by atomic mass is 79.9. The average molecular weight is 476 g/mol. The fourth-order valence-electron chi connectivity index (χ4n) is 3.46. The van der Waals surface area contributed by atoms with E-state index in [1.807, 2.05) is 37.3 Å². The predicted molar refractivity (Wildman–Crippen MR) is 111 cm³/mol. The van der Waals surface area contributed by atoms with Crippen LogP contribution in [0.3, 0.4) is 0 Å². The minimum absolute atomic E-state index is 0.0258. The Morgan fingerprint density at radius 2 is 1.88 bits per heavy atom. The Bertz CT molecular complexity index is 988. The summed E-state index contributed by atoms with van der Waals surface area (Å²) in [4.78, 5) is 26.2. The van der Waals surface area contributed by atoms with Crippen LogP contribution in [-0.2, 0) is 16.0 Å². The van der Waals surface area contributed by atoms with Crippen molar-refractivity contribution in [2.45, 2.75) is 20.3 Å². The number of anilines is 2. The van der Waals surface area contributed by atoms with Crippen molar-refractivity contribution in [1.29, 1.82) is 0 Å². The molecule has 132 valence electrons. The summed E-state index contributed by atoms with van der Waals surface area (Å²) in [6.45, 7) is 4.28. The van der Waals surface area contributed by atoms with E-state index in [4.69, 9.17) is 0 Å². The van der Waals surface area contributed by atoms with Gasteiger partial charge in [-0.25, -0.2) is 0 Å². The molecule has 0 atom stereocenters. The van der Waals surface area contributed by atoms with Gasteiger partial charge in [-0.05, 0) is 60.4 Å². The van der Waals surface area contributed by atoms with Gasteiger partial charge in [0.15, 0.2) is 0 Å². The maximum absolute atomic E-state index is 12.5. The normalized spacial score (nSPS) is 16.7. The lowest BCUT2D eigenvalue weighted by Gasteiger charge is -2.15. The maximum atomic E-state index is 12.5. The van der Waals surface area contributed by atoms with Crippen molar-refractivity contribution < 1.29 is 9.59 Å². The molecule has 2 heterocycles. The fraction of sp³-hybridized carbons (Fsp3) is 0.200. The molecule has 2 aliphatic rings. The topological polar surface area (TPSA) is 49.4 Å². The van der Waals surface area contributed by atoms with Gasteiger partial charge in [-0.3, -0.25) is 9.59 Å². The van der Waals surface area contributed by atoms with Crippen LogP contribution in [0.5, 0.6) is 0 Å². The first-order valence-electron chi connectivity index (χ1n) is 8.29. The van der Waals surface area contributed by atoms with E-state index in [-0.39, 0.29) is 11.8 Å².